The van der Waals surface area contributed by atoms with E-state index < -0.39 is 5.41 Å². The SMILES string of the molecule is CCOC(=O)C(C)(c1[nH]c2ccccc2c1C)c1[nH]c2ccccc2c1C. The average molecular weight is 360 g/mol. The molecule has 0 amide bonds. The van der Waals surface area contributed by atoms with Crippen molar-refractivity contribution in [2.45, 2.75) is 33.1 Å². The van der Waals surface area contributed by atoms with Gasteiger partial charge in [0.25, 0.3) is 0 Å². The summed E-state index contributed by atoms with van der Waals surface area (Å²) in [5.41, 5.74) is 4.97. The van der Waals surface area contributed by atoms with Gasteiger partial charge in [0.2, 0.25) is 0 Å². The highest BCUT2D eigenvalue weighted by molar-refractivity contribution is 5.95. The molecule has 2 aromatic carbocycles. The molecule has 0 fully saturated rings. The van der Waals surface area contributed by atoms with Gasteiger partial charge in [-0.1, -0.05) is 36.4 Å². The zero-order chi connectivity index (χ0) is 19.2. The summed E-state index contributed by atoms with van der Waals surface area (Å²) in [6.07, 6.45) is 0. The topological polar surface area (TPSA) is 57.9 Å². The third-order valence-corrected chi connectivity index (χ3v) is 5.62. The maximum atomic E-state index is 13.3. The molecule has 4 heteroatoms. The van der Waals surface area contributed by atoms with Gasteiger partial charge in [-0.2, -0.15) is 0 Å². The van der Waals surface area contributed by atoms with E-state index in [1.54, 1.807) is 0 Å². The van der Waals surface area contributed by atoms with Crippen molar-refractivity contribution in [2.75, 3.05) is 6.61 Å². The highest BCUT2D eigenvalue weighted by atomic mass is 16.5. The first-order valence-electron chi connectivity index (χ1n) is 9.31. The Morgan fingerprint density at radius 3 is 1.74 bits per heavy atom. The predicted molar refractivity (Wildman–Crippen MR) is 109 cm³/mol. The molecule has 4 nitrogen and oxygen atoms in total. The Hall–Kier alpha value is -3.01. The number of H-pyrrole nitrogens is 2. The van der Waals surface area contributed by atoms with Gasteiger partial charge in [-0.3, -0.25) is 4.79 Å². The number of hydrogen-bond acceptors (Lipinski definition) is 2. The molecule has 4 aromatic rings. The molecule has 0 radical (unpaired) electrons. The number of fused-ring (bicyclic) bond motifs is 2. The van der Waals surface area contributed by atoms with E-state index in [1.807, 2.05) is 50.2 Å². The summed E-state index contributed by atoms with van der Waals surface area (Å²) in [6.45, 7) is 8.25. The van der Waals surface area contributed by atoms with Crippen molar-refractivity contribution in [1.82, 2.24) is 9.97 Å². The zero-order valence-electron chi connectivity index (χ0n) is 16.1. The minimum absolute atomic E-state index is 0.255. The lowest BCUT2D eigenvalue weighted by atomic mass is 9.79. The Balaban J connectivity index is 2.04. The van der Waals surface area contributed by atoms with Gasteiger partial charge in [-0.15, -0.1) is 0 Å². The molecule has 138 valence electrons. The smallest absolute Gasteiger partial charge is 0.323 e. The lowest BCUT2D eigenvalue weighted by Crippen LogP contribution is -2.37. The molecule has 0 unspecified atom stereocenters. The van der Waals surface area contributed by atoms with E-state index >= 15 is 0 Å². The van der Waals surface area contributed by atoms with Crippen LogP contribution < -0.4 is 0 Å². The van der Waals surface area contributed by atoms with E-state index in [9.17, 15) is 4.79 Å². The number of hydrogen-bond donors (Lipinski definition) is 2. The van der Waals surface area contributed by atoms with Crippen LogP contribution in [0.15, 0.2) is 48.5 Å². The molecule has 0 aliphatic carbocycles. The van der Waals surface area contributed by atoms with Crippen molar-refractivity contribution < 1.29 is 9.53 Å². The fraction of sp³-hybridized carbons (Fsp3) is 0.261. The summed E-state index contributed by atoms with van der Waals surface area (Å²) in [5.74, 6) is -0.255. The van der Waals surface area contributed by atoms with Gasteiger partial charge in [0, 0.05) is 33.2 Å². The van der Waals surface area contributed by atoms with Gasteiger partial charge in [-0.05, 0) is 51.0 Å². The van der Waals surface area contributed by atoms with Gasteiger partial charge in [-0.25, -0.2) is 0 Å². The Labute approximate surface area is 158 Å². The number of nitrogens with one attached hydrogen (secondary N) is 2. The standard InChI is InChI=1S/C23H24N2O2/c1-5-27-22(26)23(4,20-14(2)16-10-6-8-12-18(16)24-20)21-15(3)17-11-7-9-13-19(17)25-21/h6-13,24-25H,5H2,1-4H3. The number of aryl methyl sites for hydroxylation is 2. The van der Waals surface area contributed by atoms with E-state index in [4.69, 9.17) is 4.74 Å². The van der Waals surface area contributed by atoms with Crippen LogP contribution in [-0.4, -0.2) is 22.5 Å². The maximum absolute atomic E-state index is 13.3. The van der Waals surface area contributed by atoms with Crippen molar-refractivity contribution >= 4 is 27.8 Å². The molecular formula is C23H24N2O2. The molecule has 27 heavy (non-hydrogen) atoms. The second kappa shape index (κ2) is 6.31. The van der Waals surface area contributed by atoms with Gasteiger partial charge in [0.05, 0.1) is 6.61 Å². The number of benzene rings is 2. The van der Waals surface area contributed by atoms with Crippen LogP contribution in [0.1, 0.15) is 36.4 Å². The number of aromatic amines is 2. The van der Waals surface area contributed by atoms with Gasteiger partial charge >= 0.3 is 5.97 Å². The maximum Gasteiger partial charge on any atom is 0.323 e. The van der Waals surface area contributed by atoms with Gasteiger partial charge in [0.15, 0.2) is 0 Å². The molecule has 0 aliphatic heterocycles. The Kier molecular flexibility index (Phi) is 4.06. The van der Waals surface area contributed by atoms with E-state index in [1.165, 1.54) is 0 Å². The summed E-state index contributed by atoms with van der Waals surface area (Å²) in [6, 6.07) is 16.3. The fourth-order valence-electron chi connectivity index (χ4n) is 4.17. The summed E-state index contributed by atoms with van der Waals surface area (Å²) in [5, 5.41) is 2.24. The minimum Gasteiger partial charge on any atom is -0.465 e. The number of carbonyl (C=O) groups is 1. The molecule has 0 bridgehead atoms. The summed E-state index contributed by atoms with van der Waals surface area (Å²) >= 11 is 0. The van der Waals surface area contributed by atoms with Crippen LogP contribution in [0.2, 0.25) is 0 Å². The van der Waals surface area contributed by atoms with E-state index in [0.717, 1.165) is 44.3 Å². The number of para-hydroxylation sites is 2. The third kappa shape index (κ3) is 2.47. The first-order chi connectivity index (χ1) is 13.0. The molecule has 0 aliphatic rings. The second-order valence-corrected chi connectivity index (χ2v) is 7.19. The lowest BCUT2D eigenvalue weighted by Gasteiger charge is -2.27. The number of carbonyl (C=O) groups excluding carboxylic acids is 1. The molecule has 0 spiro atoms. The summed E-state index contributed by atoms with van der Waals surface area (Å²) in [7, 11) is 0. The molecule has 0 saturated carbocycles. The van der Waals surface area contributed by atoms with Crippen LogP contribution in [0.5, 0.6) is 0 Å². The largest absolute Gasteiger partial charge is 0.465 e. The highest BCUT2D eigenvalue weighted by Crippen LogP contribution is 2.40. The normalized spacial score (nSPS) is 12.0. The fourth-order valence-corrected chi connectivity index (χ4v) is 4.17. The molecule has 2 N–H and O–H groups in total. The number of rotatable bonds is 4. The van der Waals surface area contributed by atoms with Gasteiger partial charge in [0.1, 0.15) is 5.41 Å². The van der Waals surface area contributed by atoms with Crippen LogP contribution in [0.3, 0.4) is 0 Å². The number of aromatic nitrogens is 2. The Morgan fingerprint density at radius 2 is 1.33 bits per heavy atom. The van der Waals surface area contributed by atoms with Crippen molar-refractivity contribution in [1.29, 1.82) is 0 Å². The molecular weight excluding hydrogens is 336 g/mol. The molecule has 0 saturated heterocycles. The van der Waals surface area contributed by atoms with Gasteiger partial charge < -0.3 is 14.7 Å². The van der Waals surface area contributed by atoms with Crippen LogP contribution in [-0.2, 0) is 14.9 Å². The molecule has 0 atom stereocenters. The zero-order valence-corrected chi connectivity index (χ0v) is 16.1. The summed E-state index contributed by atoms with van der Waals surface area (Å²) in [4.78, 5) is 20.2. The van der Waals surface area contributed by atoms with Crippen molar-refractivity contribution in [2.24, 2.45) is 0 Å². The van der Waals surface area contributed by atoms with Crippen LogP contribution in [0.4, 0.5) is 0 Å². The van der Waals surface area contributed by atoms with Crippen molar-refractivity contribution in [3.8, 4) is 0 Å². The van der Waals surface area contributed by atoms with E-state index in [-0.39, 0.29) is 5.97 Å². The quantitative estimate of drug-likeness (QED) is 0.495. The molecule has 2 heterocycles. The second-order valence-electron chi connectivity index (χ2n) is 7.19. The van der Waals surface area contributed by atoms with Crippen LogP contribution in [0.25, 0.3) is 21.8 Å². The Morgan fingerprint density at radius 1 is 0.889 bits per heavy atom. The van der Waals surface area contributed by atoms with E-state index in [2.05, 4.69) is 35.9 Å². The van der Waals surface area contributed by atoms with Crippen LogP contribution in [0, 0.1) is 13.8 Å². The average Bonchev–Trinajstić information content (AvgIpc) is 3.20. The molecule has 2 aromatic heterocycles. The van der Waals surface area contributed by atoms with Crippen molar-refractivity contribution in [3.05, 3.63) is 71.0 Å². The summed E-state index contributed by atoms with van der Waals surface area (Å²) < 4.78 is 5.54. The van der Waals surface area contributed by atoms with Crippen LogP contribution >= 0.6 is 0 Å². The highest BCUT2D eigenvalue weighted by Gasteiger charge is 2.44. The van der Waals surface area contributed by atoms with Crippen molar-refractivity contribution in [3.63, 3.8) is 0 Å². The monoisotopic (exact) mass is 360 g/mol. The number of esters is 1. The minimum atomic E-state index is -0.956. The van der Waals surface area contributed by atoms with E-state index in [0.29, 0.717) is 6.61 Å². The molecule has 4 rings (SSSR count). The first kappa shape index (κ1) is 17.4. The third-order valence-electron chi connectivity index (χ3n) is 5.62. The first-order valence-corrected chi connectivity index (χ1v) is 9.31. The predicted octanol–water partition coefficient (Wildman–Crippen LogP) is 5.14. The lowest BCUT2D eigenvalue weighted by molar-refractivity contribution is -0.148. The number of ether oxygens (including phenoxy) is 1. The Bertz CT molecular complexity index is 1070.